The highest BCUT2D eigenvalue weighted by atomic mass is 16.7. The number of rotatable bonds is 38. The Morgan fingerprint density at radius 3 is 0.738 bits per heavy atom. The first-order chi connectivity index (χ1) is 20.8. The SMILES string of the molecule is CCCCCCCCCCCCCCCC(OCCCCCCCCCCCC)OCCCCCCCCCCCC. The smallest absolute Gasteiger partial charge is 0.157 e. The standard InChI is InChI=1S/C40H82O2/c1-4-7-10-13-16-19-22-23-24-25-28-31-34-37-40(41-38-35-32-29-26-20-17-14-11-8-5-2)42-39-36-33-30-27-21-18-15-12-9-6-3/h40H,4-39H2,1-3H3. The second kappa shape index (κ2) is 38.9. The van der Waals surface area contributed by atoms with Crippen LogP contribution in [-0.4, -0.2) is 19.5 Å². The predicted octanol–water partition coefficient (Wildman–Crippen LogP) is 14.7. The van der Waals surface area contributed by atoms with E-state index in [9.17, 15) is 0 Å². The van der Waals surface area contributed by atoms with E-state index in [4.69, 9.17) is 9.47 Å². The molecule has 0 aromatic heterocycles. The van der Waals surface area contributed by atoms with E-state index in [1.165, 1.54) is 212 Å². The molecule has 254 valence electrons. The van der Waals surface area contributed by atoms with Gasteiger partial charge in [0.05, 0.1) is 0 Å². The minimum absolute atomic E-state index is 0.0369. The van der Waals surface area contributed by atoms with Crippen LogP contribution in [0.25, 0.3) is 0 Å². The third-order valence-electron chi connectivity index (χ3n) is 9.15. The molecule has 0 fully saturated rings. The van der Waals surface area contributed by atoms with Crippen LogP contribution in [0.4, 0.5) is 0 Å². The highest BCUT2D eigenvalue weighted by molar-refractivity contribution is 4.54. The van der Waals surface area contributed by atoms with Crippen molar-refractivity contribution >= 4 is 0 Å². The van der Waals surface area contributed by atoms with Crippen LogP contribution in [0.5, 0.6) is 0 Å². The Morgan fingerprint density at radius 1 is 0.262 bits per heavy atom. The molecular formula is C40H82O2. The van der Waals surface area contributed by atoms with Crippen LogP contribution in [-0.2, 0) is 9.47 Å². The summed E-state index contributed by atoms with van der Waals surface area (Å²) in [5.41, 5.74) is 0. The van der Waals surface area contributed by atoms with Gasteiger partial charge in [0, 0.05) is 13.2 Å². The maximum Gasteiger partial charge on any atom is 0.157 e. The molecule has 0 bridgehead atoms. The predicted molar refractivity (Wildman–Crippen MR) is 190 cm³/mol. The quantitative estimate of drug-likeness (QED) is 0.0523. The van der Waals surface area contributed by atoms with Crippen LogP contribution >= 0.6 is 0 Å². The van der Waals surface area contributed by atoms with Crippen molar-refractivity contribution in [3.63, 3.8) is 0 Å². The number of hydrogen-bond acceptors (Lipinski definition) is 2. The molecule has 0 amide bonds. The third kappa shape index (κ3) is 36.1. The van der Waals surface area contributed by atoms with Crippen LogP contribution < -0.4 is 0 Å². The lowest BCUT2D eigenvalue weighted by molar-refractivity contribution is -0.148. The van der Waals surface area contributed by atoms with Gasteiger partial charge in [0.2, 0.25) is 0 Å². The van der Waals surface area contributed by atoms with E-state index in [0.29, 0.717) is 0 Å². The van der Waals surface area contributed by atoms with E-state index in [1.54, 1.807) is 0 Å². The molecule has 0 aliphatic rings. The Balaban J connectivity index is 3.89. The molecule has 0 aliphatic carbocycles. The molecule has 42 heavy (non-hydrogen) atoms. The summed E-state index contributed by atoms with van der Waals surface area (Å²) in [4.78, 5) is 0. The second-order valence-electron chi connectivity index (χ2n) is 13.6. The van der Waals surface area contributed by atoms with Crippen molar-refractivity contribution in [1.29, 1.82) is 0 Å². The summed E-state index contributed by atoms with van der Waals surface area (Å²) < 4.78 is 12.6. The molecule has 0 radical (unpaired) electrons. The van der Waals surface area contributed by atoms with Crippen LogP contribution in [0.3, 0.4) is 0 Å². The highest BCUT2D eigenvalue weighted by Crippen LogP contribution is 2.17. The second-order valence-corrected chi connectivity index (χ2v) is 13.6. The van der Waals surface area contributed by atoms with E-state index in [1.807, 2.05) is 0 Å². The van der Waals surface area contributed by atoms with Gasteiger partial charge in [-0.25, -0.2) is 0 Å². The van der Waals surface area contributed by atoms with E-state index < -0.39 is 0 Å². The van der Waals surface area contributed by atoms with Gasteiger partial charge in [-0.15, -0.1) is 0 Å². The first-order valence-electron chi connectivity index (χ1n) is 20.1. The largest absolute Gasteiger partial charge is 0.353 e. The third-order valence-corrected chi connectivity index (χ3v) is 9.15. The fourth-order valence-corrected chi connectivity index (χ4v) is 6.15. The highest BCUT2D eigenvalue weighted by Gasteiger charge is 2.09. The fraction of sp³-hybridized carbons (Fsp3) is 1.00. The molecular weight excluding hydrogens is 512 g/mol. The van der Waals surface area contributed by atoms with Crippen molar-refractivity contribution < 1.29 is 9.47 Å². The lowest BCUT2D eigenvalue weighted by atomic mass is 10.0. The van der Waals surface area contributed by atoms with Gasteiger partial charge >= 0.3 is 0 Å². The Bertz CT molecular complexity index is 425. The Kier molecular flexibility index (Phi) is 38.9. The number of unbranched alkanes of at least 4 members (excludes halogenated alkanes) is 30. The van der Waals surface area contributed by atoms with E-state index in [2.05, 4.69) is 20.8 Å². The molecule has 0 unspecified atom stereocenters. The Labute approximate surface area is 267 Å². The van der Waals surface area contributed by atoms with Crippen LogP contribution in [0.1, 0.15) is 239 Å². The van der Waals surface area contributed by atoms with Crippen LogP contribution in [0, 0.1) is 0 Å². The normalized spacial score (nSPS) is 11.7. The number of hydrogen-bond donors (Lipinski definition) is 0. The topological polar surface area (TPSA) is 18.5 Å². The minimum atomic E-state index is 0.0369. The summed E-state index contributed by atoms with van der Waals surface area (Å²) >= 11 is 0. The van der Waals surface area contributed by atoms with E-state index in [0.717, 1.165) is 19.6 Å². The van der Waals surface area contributed by atoms with E-state index in [-0.39, 0.29) is 6.29 Å². The lowest BCUT2D eigenvalue weighted by Gasteiger charge is -2.19. The van der Waals surface area contributed by atoms with Crippen molar-refractivity contribution in [2.24, 2.45) is 0 Å². The van der Waals surface area contributed by atoms with Crippen molar-refractivity contribution in [3.8, 4) is 0 Å². The summed E-state index contributed by atoms with van der Waals surface area (Å²) in [7, 11) is 0. The van der Waals surface area contributed by atoms with Gasteiger partial charge in [0.15, 0.2) is 6.29 Å². The average molecular weight is 595 g/mol. The molecule has 0 rings (SSSR count). The summed E-state index contributed by atoms with van der Waals surface area (Å²) in [6.07, 6.45) is 47.1. The molecule has 0 heterocycles. The molecule has 2 heteroatoms. The molecule has 0 saturated carbocycles. The van der Waals surface area contributed by atoms with Gasteiger partial charge in [-0.05, 0) is 25.7 Å². The van der Waals surface area contributed by atoms with Crippen molar-refractivity contribution in [1.82, 2.24) is 0 Å². The van der Waals surface area contributed by atoms with Crippen molar-refractivity contribution in [2.75, 3.05) is 13.2 Å². The molecule has 0 aromatic carbocycles. The minimum Gasteiger partial charge on any atom is -0.353 e. The van der Waals surface area contributed by atoms with Gasteiger partial charge in [-0.3, -0.25) is 0 Å². The van der Waals surface area contributed by atoms with Gasteiger partial charge in [-0.2, -0.15) is 0 Å². The molecule has 0 spiro atoms. The lowest BCUT2D eigenvalue weighted by Crippen LogP contribution is -2.19. The maximum absolute atomic E-state index is 6.29. The zero-order valence-electron chi connectivity index (χ0n) is 29.8. The van der Waals surface area contributed by atoms with Crippen molar-refractivity contribution in [3.05, 3.63) is 0 Å². The molecule has 0 aromatic rings. The zero-order chi connectivity index (χ0) is 30.4. The first kappa shape index (κ1) is 41.9. The average Bonchev–Trinajstić information content (AvgIpc) is 3.00. The summed E-state index contributed by atoms with van der Waals surface area (Å²) in [6.45, 7) is 8.68. The molecule has 2 nitrogen and oxygen atoms in total. The zero-order valence-corrected chi connectivity index (χ0v) is 29.8. The van der Waals surface area contributed by atoms with Crippen molar-refractivity contribution in [2.45, 2.75) is 245 Å². The Morgan fingerprint density at radius 2 is 0.476 bits per heavy atom. The summed E-state index contributed by atoms with van der Waals surface area (Å²) in [6, 6.07) is 0. The van der Waals surface area contributed by atoms with Gasteiger partial charge in [0.1, 0.15) is 0 Å². The monoisotopic (exact) mass is 595 g/mol. The molecule has 0 saturated heterocycles. The fourth-order valence-electron chi connectivity index (χ4n) is 6.15. The molecule has 0 aliphatic heterocycles. The molecule has 0 atom stereocenters. The number of ether oxygens (including phenoxy) is 2. The maximum atomic E-state index is 6.29. The van der Waals surface area contributed by atoms with Crippen LogP contribution in [0.2, 0.25) is 0 Å². The van der Waals surface area contributed by atoms with Gasteiger partial charge in [-0.1, -0.05) is 213 Å². The summed E-state index contributed by atoms with van der Waals surface area (Å²) in [5.74, 6) is 0. The van der Waals surface area contributed by atoms with Gasteiger partial charge in [0.25, 0.3) is 0 Å². The first-order valence-corrected chi connectivity index (χ1v) is 20.1. The van der Waals surface area contributed by atoms with E-state index >= 15 is 0 Å². The van der Waals surface area contributed by atoms with Gasteiger partial charge < -0.3 is 9.47 Å². The summed E-state index contributed by atoms with van der Waals surface area (Å²) in [5, 5.41) is 0. The van der Waals surface area contributed by atoms with Crippen LogP contribution in [0.15, 0.2) is 0 Å². The molecule has 0 N–H and O–H groups in total. The Hall–Kier alpha value is -0.0800.